The molecule has 0 bridgehead atoms. The molecule has 4 aromatic rings. The van der Waals surface area contributed by atoms with Crippen molar-refractivity contribution >= 4 is 11.0 Å². The van der Waals surface area contributed by atoms with Crippen LogP contribution in [0.15, 0.2) is 55.1 Å². The van der Waals surface area contributed by atoms with Crippen molar-refractivity contribution in [1.29, 1.82) is 0 Å². The maximum absolute atomic E-state index is 12.6. The van der Waals surface area contributed by atoms with Gasteiger partial charge in [0, 0.05) is 36.9 Å². The number of hydrogen-bond acceptors (Lipinski definition) is 4. The molecule has 4 heterocycles. The smallest absolute Gasteiger partial charge is 0.433 e. The van der Waals surface area contributed by atoms with Gasteiger partial charge in [0.1, 0.15) is 17.1 Å². The lowest BCUT2D eigenvalue weighted by molar-refractivity contribution is -0.141. The van der Waals surface area contributed by atoms with Gasteiger partial charge in [0.15, 0.2) is 0 Å². The number of aromatic amines is 1. The minimum atomic E-state index is -4.42. The topological polar surface area (TPSA) is 63.7 Å². The normalized spacial score (nSPS) is 11.7. The fraction of sp³-hybridized carbons (Fsp3) is 0.227. The van der Waals surface area contributed by atoms with Gasteiger partial charge in [-0.1, -0.05) is 12.1 Å². The quantitative estimate of drug-likeness (QED) is 0.496. The van der Waals surface area contributed by atoms with Gasteiger partial charge in [-0.2, -0.15) is 13.2 Å². The van der Waals surface area contributed by atoms with E-state index in [0.29, 0.717) is 19.3 Å². The van der Waals surface area contributed by atoms with E-state index in [2.05, 4.69) is 19.9 Å². The van der Waals surface area contributed by atoms with Crippen molar-refractivity contribution in [1.82, 2.24) is 19.9 Å². The summed E-state index contributed by atoms with van der Waals surface area (Å²) in [5.74, 6) is 0.769. The molecule has 4 aromatic heterocycles. The summed E-state index contributed by atoms with van der Waals surface area (Å²) in [6.07, 6.45) is 4.17. The van der Waals surface area contributed by atoms with Crippen molar-refractivity contribution < 1.29 is 17.9 Å². The minimum Gasteiger partial charge on any atom is -0.496 e. The number of H-pyrrole nitrogens is 1. The van der Waals surface area contributed by atoms with Gasteiger partial charge in [-0.05, 0) is 47.7 Å². The maximum atomic E-state index is 12.6. The van der Waals surface area contributed by atoms with Gasteiger partial charge in [-0.25, -0.2) is 4.98 Å². The average Bonchev–Trinajstić information content (AvgIpc) is 3.16. The largest absolute Gasteiger partial charge is 0.496 e. The van der Waals surface area contributed by atoms with E-state index in [9.17, 15) is 13.2 Å². The van der Waals surface area contributed by atoms with E-state index >= 15 is 0 Å². The van der Waals surface area contributed by atoms with Crippen LogP contribution >= 0.6 is 0 Å². The summed E-state index contributed by atoms with van der Waals surface area (Å²) < 4.78 is 43.2. The third-order valence-electron chi connectivity index (χ3n) is 4.90. The van der Waals surface area contributed by atoms with Crippen LogP contribution in [0.25, 0.3) is 11.0 Å². The molecule has 0 atom stereocenters. The predicted octanol–water partition coefficient (Wildman–Crippen LogP) is 4.76. The third-order valence-corrected chi connectivity index (χ3v) is 4.90. The number of fused-ring (bicyclic) bond motifs is 1. The van der Waals surface area contributed by atoms with Crippen LogP contribution in [0.5, 0.6) is 5.75 Å². The summed E-state index contributed by atoms with van der Waals surface area (Å²) in [5, 5.41) is 0.957. The van der Waals surface area contributed by atoms with Crippen LogP contribution < -0.4 is 4.74 Å². The SMILES string of the molecule is COc1ccnc2[nH]cc(Cc3ccc(CCc4ccc(C(F)(F)F)nc4)nc3)c12. The summed E-state index contributed by atoms with van der Waals surface area (Å²) in [7, 11) is 1.63. The van der Waals surface area contributed by atoms with Gasteiger partial charge < -0.3 is 9.72 Å². The zero-order chi connectivity index (χ0) is 21.1. The lowest BCUT2D eigenvalue weighted by Gasteiger charge is -2.07. The molecule has 0 radical (unpaired) electrons. The molecule has 0 spiro atoms. The van der Waals surface area contributed by atoms with Gasteiger partial charge in [0.2, 0.25) is 0 Å². The van der Waals surface area contributed by atoms with Crippen LogP contribution in [0.1, 0.15) is 28.1 Å². The number of rotatable bonds is 6. The zero-order valence-electron chi connectivity index (χ0n) is 16.2. The van der Waals surface area contributed by atoms with E-state index in [1.807, 2.05) is 30.6 Å². The number of nitrogens with zero attached hydrogens (tertiary/aromatic N) is 3. The monoisotopic (exact) mass is 412 g/mol. The van der Waals surface area contributed by atoms with Crippen molar-refractivity contribution in [2.45, 2.75) is 25.4 Å². The third kappa shape index (κ3) is 4.27. The fourth-order valence-corrected chi connectivity index (χ4v) is 3.34. The Morgan fingerprint density at radius 2 is 1.73 bits per heavy atom. The number of alkyl halides is 3. The second-order valence-corrected chi connectivity index (χ2v) is 6.93. The first-order valence-electron chi connectivity index (χ1n) is 9.39. The molecule has 0 aliphatic rings. The molecule has 8 heteroatoms. The minimum absolute atomic E-state index is 0.572. The summed E-state index contributed by atoms with van der Waals surface area (Å²) in [6.45, 7) is 0. The Kier molecular flexibility index (Phi) is 5.39. The van der Waals surface area contributed by atoms with E-state index in [0.717, 1.165) is 45.2 Å². The van der Waals surface area contributed by atoms with Crippen LogP contribution in [0.3, 0.4) is 0 Å². The highest BCUT2D eigenvalue weighted by atomic mass is 19.4. The molecule has 5 nitrogen and oxygen atoms in total. The van der Waals surface area contributed by atoms with Crippen molar-refractivity contribution in [3.8, 4) is 5.75 Å². The number of ether oxygens (including phenoxy) is 1. The van der Waals surface area contributed by atoms with Crippen molar-refractivity contribution in [3.63, 3.8) is 0 Å². The van der Waals surface area contributed by atoms with Gasteiger partial charge in [0.05, 0.1) is 12.5 Å². The lowest BCUT2D eigenvalue weighted by atomic mass is 10.0. The Bertz CT molecular complexity index is 1140. The number of nitrogens with one attached hydrogen (secondary N) is 1. The first-order valence-corrected chi connectivity index (χ1v) is 9.39. The Hall–Kier alpha value is -3.42. The molecule has 0 unspecified atom stereocenters. The first kappa shape index (κ1) is 19.9. The number of aromatic nitrogens is 4. The van der Waals surface area contributed by atoms with Crippen LogP contribution in [0, 0.1) is 0 Å². The number of halogens is 3. The molecule has 0 saturated carbocycles. The van der Waals surface area contributed by atoms with Crippen molar-refractivity contribution in [3.05, 3.63) is 83.2 Å². The van der Waals surface area contributed by atoms with Crippen LogP contribution in [0.2, 0.25) is 0 Å². The van der Waals surface area contributed by atoms with Crippen LogP contribution in [0.4, 0.5) is 13.2 Å². The van der Waals surface area contributed by atoms with Crippen molar-refractivity contribution in [2.24, 2.45) is 0 Å². The molecule has 0 aromatic carbocycles. The highest BCUT2D eigenvalue weighted by molar-refractivity contribution is 5.86. The first-order chi connectivity index (χ1) is 14.4. The zero-order valence-corrected chi connectivity index (χ0v) is 16.2. The summed E-state index contributed by atoms with van der Waals surface area (Å²) in [5.41, 5.74) is 3.63. The summed E-state index contributed by atoms with van der Waals surface area (Å²) in [6, 6.07) is 8.25. The van der Waals surface area contributed by atoms with E-state index in [1.165, 1.54) is 12.3 Å². The molecule has 1 N–H and O–H groups in total. The van der Waals surface area contributed by atoms with E-state index in [1.54, 1.807) is 13.3 Å². The highest BCUT2D eigenvalue weighted by Gasteiger charge is 2.31. The fourth-order valence-electron chi connectivity index (χ4n) is 3.34. The number of hydrogen-bond donors (Lipinski definition) is 1. The molecule has 154 valence electrons. The van der Waals surface area contributed by atoms with E-state index in [-0.39, 0.29) is 0 Å². The Balaban J connectivity index is 1.41. The molecule has 0 aliphatic carbocycles. The van der Waals surface area contributed by atoms with Gasteiger partial charge in [-0.3, -0.25) is 9.97 Å². The van der Waals surface area contributed by atoms with E-state index in [4.69, 9.17) is 4.74 Å². The standard InChI is InChI=1S/C22H19F3N4O/c1-30-18-8-9-26-21-20(18)16(13-29-21)10-15-3-6-17(27-12-15)5-2-14-4-7-19(28-11-14)22(23,24)25/h3-4,6-9,11-13H,2,5,10H2,1H3,(H,26,29). The average molecular weight is 412 g/mol. The molecule has 0 saturated heterocycles. The molecule has 4 rings (SSSR count). The van der Waals surface area contributed by atoms with E-state index < -0.39 is 11.9 Å². The lowest BCUT2D eigenvalue weighted by Crippen LogP contribution is -2.07. The number of pyridine rings is 3. The van der Waals surface area contributed by atoms with Crippen LogP contribution in [-0.4, -0.2) is 27.0 Å². The van der Waals surface area contributed by atoms with Crippen LogP contribution in [-0.2, 0) is 25.4 Å². The molecule has 0 fully saturated rings. The molecular formula is C22H19F3N4O. The Labute approximate surface area is 171 Å². The van der Waals surface area contributed by atoms with Gasteiger partial charge >= 0.3 is 6.18 Å². The maximum Gasteiger partial charge on any atom is 0.433 e. The number of aryl methyl sites for hydroxylation is 2. The summed E-state index contributed by atoms with van der Waals surface area (Å²) in [4.78, 5) is 15.5. The molecular weight excluding hydrogens is 393 g/mol. The molecule has 30 heavy (non-hydrogen) atoms. The summed E-state index contributed by atoms with van der Waals surface area (Å²) >= 11 is 0. The Morgan fingerprint density at radius 3 is 2.40 bits per heavy atom. The highest BCUT2D eigenvalue weighted by Crippen LogP contribution is 2.29. The predicted molar refractivity (Wildman–Crippen MR) is 106 cm³/mol. The molecule has 0 aliphatic heterocycles. The Morgan fingerprint density at radius 1 is 0.933 bits per heavy atom. The second-order valence-electron chi connectivity index (χ2n) is 6.93. The molecule has 0 amide bonds. The van der Waals surface area contributed by atoms with Crippen molar-refractivity contribution in [2.75, 3.05) is 7.11 Å². The second kappa shape index (κ2) is 8.14. The number of methoxy groups -OCH3 is 1. The van der Waals surface area contributed by atoms with Gasteiger partial charge in [-0.15, -0.1) is 0 Å². The van der Waals surface area contributed by atoms with Gasteiger partial charge in [0.25, 0.3) is 0 Å².